The van der Waals surface area contributed by atoms with E-state index in [1.54, 1.807) is 0 Å². The minimum atomic E-state index is -1.38. The van der Waals surface area contributed by atoms with E-state index in [2.05, 4.69) is 0 Å². The Balaban J connectivity index is 2.41. The van der Waals surface area contributed by atoms with Crippen LogP contribution in [0.2, 0.25) is 0 Å². The molecule has 0 aliphatic carbocycles. The van der Waals surface area contributed by atoms with E-state index in [1.165, 1.54) is 24.3 Å². The molecule has 0 amide bonds. The molecule has 0 saturated carbocycles. The van der Waals surface area contributed by atoms with Crippen molar-refractivity contribution in [2.45, 2.75) is 51.5 Å². The minimum Gasteiger partial charge on any atom is -0.508 e. The molecule has 2 rings (SSSR count). The van der Waals surface area contributed by atoms with Crippen molar-refractivity contribution in [3.05, 3.63) is 39.9 Å². The monoisotopic (exact) mass is 439 g/mol. The molecule has 5 unspecified atom stereocenters. The van der Waals surface area contributed by atoms with Crippen LogP contribution < -0.4 is 9.85 Å². The summed E-state index contributed by atoms with van der Waals surface area (Å²) in [6, 6.07) is 4.98. The molecule has 1 aromatic rings. The van der Waals surface area contributed by atoms with E-state index in [1.807, 2.05) is 5.11 Å². The van der Waals surface area contributed by atoms with Crippen LogP contribution in [0.5, 0.6) is 5.75 Å². The number of benzene rings is 1. The molecular weight excluding hydrogens is 418 g/mol. The van der Waals surface area contributed by atoms with Gasteiger partial charge in [-0.25, -0.2) is 0 Å². The Hall–Kier alpha value is -3.61. The van der Waals surface area contributed by atoms with Gasteiger partial charge in [0.2, 0.25) is 12.4 Å². The molecule has 1 aliphatic rings. The highest BCUT2D eigenvalue weighted by molar-refractivity contribution is 5.68. The lowest BCUT2D eigenvalue weighted by atomic mass is 9.97. The number of carbonyl (C=O) groups is 3. The predicted molar refractivity (Wildman–Crippen MR) is 98.2 cm³/mol. The third kappa shape index (κ3) is 6.44. The van der Waals surface area contributed by atoms with Gasteiger partial charge in [-0.3, -0.25) is 24.5 Å². The number of non-ortho nitro benzene ring substituents is 1. The average molecular weight is 439 g/mol. The first-order valence-corrected chi connectivity index (χ1v) is 9.07. The molecule has 0 bridgehead atoms. The second-order valence-electron chi connectivity index (χ2n) is 6.50. The fraction of sp³-hybridized carbons (Fsp3) is 0.500. The van der Waals surface area contributed by atoms with Gasteiger partial charge in [-0.2, -0.15) is 0 Å². The summed E-state index contributed by atoms with van der Waals surface area (Å²) < 4.78 is 27.1. The summed E-state index contributed by atoms with van der Waals surface area (Å²) in [6.07, 6.45) is -6.40. The zero-order valence-electron chi connectivity index (χ0n) is 16.9. The van der Waals surface area contributed by atoms with Crippen molar-refractivity contribution in [3.8, 4) is 5.75 Å². The molecular formula is C18H21N3O10. The highest BCUT2D eigenvalue weighted by atomic mass is 16.7. The molecule has 1 aromatic carbocycles. The Morgan fingerprint density at radius 2 is 1.52 bits per heavy atom. The summed E-state index contributed by atoms with van der Waals surface area (Å²) in [5, 5.41) is 12.7. The van der Waals surface area contributed by atoms with Gasteiger partial charge in [0.15, 0.2) is 24.9 Å². The Bertz CT molecular complexity index is 843. The first-order valence-electron chi connectivity index (χ1n) is 9.07. The van der Waals surface area contributed by atoms with Crippen molar-refractivity contribution < 1.29 is 48.1 Å². The summed E-state index contributed by atoms with van der Waals surface area (Å²) in [6.45, 7) is 3.07. The Labute approximate surface area is 176 Å². The van der Waals surface area contributed by atoms with Gasteiger partial charge in [-0.15, -0.1) is 0 Å². The molecule has 1 saturated heterocycles. The van der Waals surface area contributed by atoms with E-state index in [0.717, 1.165) is 20.8 Å². The summed E-state index contributed by atoms with van der Waals surface area (Å²) >= 11 is 0. The second-order valence-corrected chi connectivity index (χ2v) is 6.50. The molecule has 13 heteroatoms. The molecule has 1 N–H and O–H groups in total. The van der Waals surface area contributed by atoms with Gasteiger partial charge in [0.05, 0.1) is 4.92 Å². The van der Waals surface area contributed by atoms with Crippen molar-refractivity contribution >= 4 is 23.6 Å². The average Bonchev–Trinajstić information content (AvgIpc) is 2.67. The lowest BCUT2D eigenvalue weighted by molar-refractivity contribution is -0.502. The lowest BCUT2D eigenvalue weighted by Gasteiger charge is -2.43. The van der Waals surface area contributed by atoms with Crippen LogP contribution in [0.1, 0.15) is 20.8 Å². The molecule has 0 radical (unpaired) electrons. The molecule has 13 nitrogen and oxygen atoms in total. The number of hydrogen-bond acceptors (Lipinski definition) is 10. The first kappa shape index (κ1) is 23.7. The smallest absolute Gasteiger partial charge is 0.303 e. The van der Waals surface area contributed by atoms with Crippen LogP contribution in [0.4, 0.5) is 5.69 Å². The summed E-state index contributed by atoms with van der Waals surface area (Å²) in [4.78, 5) is 45.2. The highest BCUT2D eigenvalue weighted by Crippen LogP contribution is 2.30. The van der Waals surface area contributed by atoms with Crippen molar-refractivity contribution in [1.29, 1.82) is 0 Å². The molecule has 1 fully saturated rings. The Morgan fingerprint density at radius 3 is 2.00 bits per heavy atom. The van der Waals surface area contributed by atoms with Crippen LogP contribution >= 0.6 is 0 Å². The quantitative estimate of drug-likeness (QED) is 0.184. The third-order valence-corrected chi connectivity index (χ3v) is 4.09. The molecule has 0 spiro atoms. The van der Waals surface area contributed by atoms with E-state index in [-0.39, 0.29) is 18.0 Å². The van der Waals surface area contributed by atoms with Crippen molar-refractivity contribution in [2.75, 3.05) is 6.54 Å². The van der Waals surface area contributed by atoms with Gasteiger partial charge in [-0.1, -0.05) is 0 Å². The van der Waals surface area contributed by atoms with E-state index in [0.29, 0.717) is 0 Å². The summed E-state index contributed by atoms with van der Waals surface area (Å²) in [7, 11) is 0. The van der Waals surface area contributed by atoms with Gasteiger partial charge < -0.3 is 34.3 Å². The van der Waals surface area contributed by atoms with Crippen LogP contribution in [0.25, 0.3) is 5.53 Å². The van der Waals surface area contributed by atoms with Gasteiger partial charge in [-0.05, 0) is 12.1 Å². The maximum absolute atomic E-state index is 11.7. The number of nitrogens with one attached hydrogen (secondary N) is 1. The van der Waals surface area contributed by atoms with Gasteiger partial charge in [0.1, 0.15) is 5.75 Å². The third-order valence-electron chi connectivity index (χ3n) is 4.09. The number of nitro groups is 1. The molecule has 31 heavy (non-hydrogen) atoms. The zero-order chi connectivity index (χ0) is 23.1. The van der Waals surface area contributed by atoms with Crippen LogP contribution in [0.15, 0.2) is 24.3 Å². The maximum atomic E-state index is 11.7. The number of esters is 3. The van der Waals surface area contributed by atoms with Crippen LogP contribution in [0, 0.1) is 10.1 Å². The Morgan fingerprint density at radius 1 is 1.00 bits per heavy atom. The molecule has 0 aromatic heterocycles. The normalized spacial score (nSPS) is 25.1. The lowest BCUT2D eigenvalue weighted by Crippen LogP contribution is -2.73. The van der Waals surface area contributed by atoms with Crippen LogP contribution in [0.3, 0.4) is 0 Å². The fourth-order valence-electron chi connectivity index (χ4n) is 2.98. The van der Waals surface area contributed by atoms with Gasteiger partial charge >= 0.3 is 17.9 Å². The molecule has 1 heterocycles. The van der Waals surface area contributed by atoms with E-state index in [4.69, 9.17) is 29.2 Å². The van der Waals surface area contributed by atoms with Gasteiger partial charge in [0.25, 0.3) is 5.69 Å². The van der Waals surface area contributed by atoms with Crippen molar-refractivity contribution in [3.63, 3.8) is 0 Å². The standard InChI is InChI=1S/C18H21N3O10/c1-9(22)27-15-14(8-20-19)31-18(17(29-11(3)24)16(15)28-10(2)23)30-13-6-4-12(5-7-13)21(25)26/h4-7,14-18,20H,8H2,1-3H3. The van der Waals surface area contributed by atoms with Gasteiger partial charge in [0, 0.05) is 32.9 Å². The summed E-state index contributed by atoms with van der Waals surface area (Å²) in [5.41, 5.74) is 8.96. The predicted octanol–water partition coefficient (Wildman–Crippen LogP) is -0.404. The maximum Gasteiger partial charge on any atom is 0.303 e. The summed E-state index contributed by atoms with van der Waals surface area (Å²) in [5.74, 6) is -2.13. The van der Waals surface area contributed by atoms with E-state index < -0.39 is 53.5 Å². The first-order chi connectivity index (χ1) is 14.6. The van der Waals surface area contributed by atoms with Crippen molar-refractivity contribution in [1.82, 2.24) is 0 Å². The topological polar surface area (TPSA) is 177 Å². The van der Waals surface area contributed by atoms with Crippen LogP contribution in [-0.2, 0) is 33.3 Å². The van der Waals surface area contributed by atoms with E-state index in [9.17, 15) is 24.5 Å². The largest absolute Gasteiger partial charge is 0.508 e. The number of nitro benzene ring substituents is 1. The fourth-order valence-corrected chi connectivity index (χ4v) is 2.98. The minimum absolute atomic E-state index is 0.121. The highest BCUT2D eigenvalue weighted by Gasteiger charge is 2.53. The number of hydrogen-bond donors (Lipinski definition) is 1. The molecule has 5 atom stereocenters. The second kappa shape index (κ2) is 10.4. The molecule has 168 valence electrons. The number of rotatable bonds is 8. The SMILES string of the molecule is CC(=O)OC1C(C[NH+]=[N-])OC(Oc2ccc([N+](=O)[O-])cc2)C(OC(C)=O)C1OC(C)=O. The van der Waals surface area contributed by atoms with Crippen molar-refractivity contribution in [2.24, 2.45) is 0 Å². The number of carbonyl (C=O) groups excluding carboxylic acids is 3. The Kier molecular flexibility index (Phi) is 7.96. The van der Waals surface area contributed by atoms with Crippen LogP contribution in [-0.4, -0.2) is 60.1 Å². The van der Waals surface area contributed by atoms with E-state index >= 15 is 0 Å². The number of nitrogens with zero attached hydrogens (tertiary/aromatic N) is 2. The molecule has 1 aliphatic heterocycles. The zero-order valence-corrected chi connectivity index (χ0v) is 16.9. The number of ether oxygens (including phenoxy) is 5.